The number of anilines is 2. The van der Waals surface area contributed by atoms with E-state index in [-0.39, 0.29) is 5.91 Å². The van der Waals surface area contributed by atoms with Gasteiger partial charge in [0, 0.05) is 5.69 Å². The molecule has 0 saturated heterocycles. The zero-order valence-electron chi connectivity index (χ0n) is 13.2. The second-order valence-corrected chi connectivity index (χ2v) is 6.21. The lowest BCUT2D eigenvalue weighted by Crippen LogP contribution is -2.28. The number of para-hydroxylation sites is 1. The van der Waals surface area contributed by atoms with Crippen LogP contribution in [0.3, 0.4) is 0 Å². The number of amides is 2. The molecule has 122 valence electrons. The molecule has 3 N–H and O–H groups in total. The summed E-state index contributed by atoms with van der Waals surface area (Å²) in [6, 6.07) is 9.16. The van der Waals surface area contributed by atoms with E-state index in [1.54, 1.807) is 13.8 Å². The second kappa shape index (κ2) is 6.29. The summed E-state index contributed by atoms with van der Waals surface area (Å²) < 4.78 is 0. The highest BCUT2D eigenvalue weighted by Gasteiger charge is 2.28. The zero-order valence-corrected chi connectivity index (χ0v) is 14.1. The van der Waals surface area contributed by atoms with Gasteiger partial charge >= 0.3 is 0 Å². The predicted molar refractivity (Wildman–Crippen MR) is 93.8 cm³/mol. The maximum absolute atomic E-state index is 13.1. The van der Waals surface area contributed by atoms with Gasteiger partial charge in [0.15, 0.2) is 0 Å². The standard InChI is InChI=1S/C17H16N4O2S/c1-10-9-24-17(14(10)15(18)22)21(12-6-4-3-5-7-12)16(23)13-8-19-20-11(13)2/h3-9H,1-2H3,(H2,18,22)(H,19,20). The van der Waals surface area contributed by atoms with Crippen molar-refractivity contribution in [1.82, 2.24) is 10.2 Å². The number of aromatic amines is 1. The molecule has 3 rings (SSSR count). The molecular weight excluding hydrogens is 324 g/mol. The molecule has 0 saturated carbocycles. The first-order valence-corrected chi connectivity index (χ1v) is 8.16. The predicted octanol–water partition coefficient (Wildman–Crippen LogP) is 3.17. The molecule has 0 aliphatic heterocycles. The van der Waals surface area contributed by atoms with Crippen LogP contribution in [-0.4, -0.2) is 22.0 Å². The highest BCUT2D eigenvalue weighted by atomic mass is 32.1. The van der Waals surface area contributed by atoms with Crippen molar-refractivity contribution in [3.05, 3.63) is 64.3 Å². The average molecular weight is 340 g/mol. The van der Waals surface area contributed by atoms with Crippen molar-refractivity contribution >= 4 is 33.8 Å². The van der Waals surface area contributed by atoms with E-state index >= 15 is 0 Å². The largest absolute Gasteiger partial charge is 0.365 e. The number of benzene rings is 1. The van der Waals surface area contributed by atoms with Gasteiger partial charge < -0.3 is 5.73 Å². The van der Waals surface area contributed by atoms with Crippen LogP contribution in [0, 0.1) is 13.8 Å². The third-order valence-electron chi connectivity index (χ3n) is 3.68. The first kappa shape index (κ1) is 15.9. The van der Waals surface area contributed by atoms with Crippen LogP contribution in [0.1, 0.15) is 32.0 Å². The molecule has 24 heavy (non-hydrogen) atoms. The third kappa shape index (κ3) is 2.69. The molecule has 2 amide bonds. The van der Waals surface area contributed by atoms with Gasteiger partial charge in [0.1, 0.15) is 5.00 Å². The number of nitrogens with one attached hydrogen (secondary N) is 1. The fraction of sp³-hybridized carbons (Fsp3) is 0.118. The number of hydrogen-bond acceptors (Lipinski definition) is 4. The van der Waals surface area contributed by atoms with Gasteiger partial charge in [-0.3, -0.25) is 19.6 Å². The number of nitrogens with zero attached hydrogens (tertiary/aromatic N) is 2. The van der Waals surface area contributed by atoms with Crippen LogP contribution in [0.4, 0.5) is 10.7 Å². The average Bonchev–Trinajstić information content (AvgIpc) is 3.14. The molecular formula is C17H16N4O2S. The second-order valence-electron chi connectivity index (χ2n) is 5.35. The first-order chi connectivity index (χ1) is 11.5. The Bertz CT molecular complexity index is 898. The number of carbonyl (C=O) groups is 2. The van der Waals surface area contributed by atoms with Crippen LogP contribution in [0.15, 0.2) is 41.9 Å². The van der Waals surface area contributed by atoms with E-state index in [4.69, 9.17) is 5.73 Å². The summed E-state index contributed by atoms with van der Waals surface area (Å²) in [5, 5.41) is 9.01. The number of hydrogen-bond donors (Lipinski definition) is 2. The fourth-order valence-electron chi connectivity index (χ4n) is 2.49. The summed E-state index contributed by atoms with van der Waals surface area (Å²) in [6.07, 6.45) is 1.48. The smallest absolute Gasteiger partial charge is 0.266 e. The van der Waals surface area contributed by atoms with Crippen LogP contribution in [-0.2, 0) is 0 Å². The molecule has 0 atom stereocenters. The number of thiophene rings is 1. The van der Waals surface area contributed by atoms with Crippen LogP contribution in [0.5, 0.6) is 0 Å². The number of aromatic nitrogens is 2. The van der Waals surface area contributed by atoms with Crippen molar-refractivity contribution in [1.29, 1.82) is 0 Å². The highest BCUT2D eigenvalue weighted by Crippen LogP contribution is 2.37. The van der Waals surface area contributed by atoms with Crippen LogP contribution in [0.2, 0.25) is 0 Å². The van der Waals surface area contributed by atoms with Gasteiger partial charge in [-0.05, 0) is 36.9 Å². The lowest BCUT2D eigenvalue weighted by Gasteiger charge is -2.22. The van der Waals surface area contributed by atoms with E-state index in [0.717, 1.165) is 5.56 Å². The van der Waals surface area contributed by atoms with Gasteiger partial charge in [0.25, 0.3) is 11.8 Å². The van der Waals surface area contributed by atoms with Crippen molar-refractivity contribution in [2.24, 2.45) is 5.73 Å². The van der Waals surface area contributed by atoms with Crippen LogP contribution in [0.25, 0.3) is 0 Å². The molecule has 6 nitrogen and oxygen atoms in total. The first-order valence-electron chi connectivity index (χ1n) is 7.28. The van der Waals surface area contributed by atoms with Gasteiger partial charge in [0.2, 0.25) is 0 Å². The Balaban J connectivity index is 2.19. The number of H-pyrrole nitrogens is 1. The van der Waals surface area contributed by atoms with Gasteiger partial charge in [-0.25, -0.2) is 0 Å². The molecule has 0 radical (unpaired) electrons. The molecule has 2 heterocycles. The Kier molecular flexibility index (Phi) is 4.18. The summed E-state index contributed by atoms with van der Waals surface area (Å²) in [5.41, 5.74) is 8.41. The van der Waals surface area contributed by atoms with Crippen molar-refractivity contribution in [3.8, 4) is 0 Å². The van der Waals surface area contributed by atoms with E-state index in [2.05, 4.69) is 10.2 Å². The minimum Gasteiger partial charge on any atom is -0.365 e. The maximum Gasteiger partial charge on any atom is 0.266 e. The molecule has 3 aromatic rings. The van der Waals surface area contributed by atoms with E-state index in [0.29, 0.717) is 27.5 Å². The van der Waals surface area contributed by atoms with Gasteiger partial charge in [0.05, 0.1) is 23.0 Å². The molecule has 0 aliphatic carbocycles. The van der Waals surface area contributed by atoms with E-state index in [1.807, 2.05) is 35.7 Å². The molecule has 2 aromatic heterocycles. The lowest BCUT2D eigenvalue weighted by molar-refractivity contribution is 0.0999. The Morgan fingerprint density at radius 3 is 2.50 bits per heavy atom. The molecule has 0 unspecified atom stereocenters. The third-order valence-corrected chi connectivity index (χ3v) is 4.76. The summed E-state index contributed by atoms with van der Waals surface area (Å²) in [5.74, 6) is -0.821. The normalized spacial score (nSPS) is 10.6. The quantitative estimate of drug-likeness (QED) is 0.764. The highest BCUT2D eigenvalue weighted by molar-refractivity contribution is 7.15. The monoisotopic (exact) mass is 340 g/mol. The van der Waals surface area contributed by atoms with Crippen LogP contribution < -0.4 is 10.6 Å². The summed E-state index contributed by atoms with van der Waals surface area (Å²) in [7, 11) is 0. The van der Waals surface area contributed by atoms with Gasteiger partial charge in [-0.1, -0.05) is 18.2 Å². The topological polar surface area (TPSA) is 92.1 Å². The summed E-state index contributed by atoms with van der Waals surface area (Å²) >= 11 is 1.31. The van der Waals surface area contributed by atoms with Crippen molar-refractivity contribution in [2.45, 2.75) is 13.8 Å². The number of primary amides is 1. The Morgan fingerprint density at radius 1 is 1.21 bits per heavy atom. The molecule has 0 bridgehead atoms. The van der Waals surface area contributed by atoms with Gasteiger partial charge in [-0.2, -0.15) is 5.10 Å². The molecule has 7 heteroatoms. The molecule has 1 aromatic carbocycles. The van der Waals surface area contributed by atoms with Crippen molar-refractivity contribution in [3.63, 3.8) is 0 Å². The maximum atomic E-state index is 13.1. The molecule has 0 fully saturated rings. The Labute approximate surface area is 142 Å². The summed E-state index contributed by atoms with van der Waals surface area (Å²) in [4.78, 5) is 26.5. The Morgan fingerprint density at radius 2 is 1.92 bits per heavy atom. The van der Waals surface area contributed by atoms with Crippen molar-refractivity contribution < 1.29 is 9.59 Å². The summed E-state index contributed by atoms with van der Waals surface area (Å²) in [6.45, 7) is 3.58. The van der Waals surface area contributed by atoms with E-state index in [9.17, 15) is 9.59 Å². The number of nitrogens with two attached hydrogens (primary N) is 1. The number of carbonyl (C=O) groups excluding carboxylic acids is 2. The fourth-order valence-corrected chi connectivity index (χ4v) is 3.56. The number of aryl methyl sites for hydroxylation is 2. The molecule has 0 spiro atoms. The van der Waals surface area contributed by atoms with Gasteiger partial charge in [-0.15, -0.1) is 11.3 Å². The van der Waals surface area contributed by atoms with Crippen molar-refractivity contribution in [2.75, 3.05) is 4.90 Å². The van der Waals surface area contributed by atoms with Crippen LogP contribution >= 0.6 is 11.3 Å². The number of rotatable bonds is 4. The minimum atomic E-state index is -0.554. The van der Waals surface area contributed by atoms with E-state index in [1.165, 1.54) is 22.4 Å². The zero-order chi connectivity index (χ0) is 17.3. The lowest BCUT2D eigenvalue weighted by atomic mass is 10.1. The molecule has 0 aliphatic rings. The van der Waals surface area contributed by atoms with E-state index < -0.39 is 5.91 Å². The Hall–Kier alpha value is -2.93. The minimum absolute atomic E-state index is 0.267. The SMILES string of the molecule is Cc1csc(N(C(=O)c2cn[nH]c2C)c2ccccc2)c1C(N)=O.